The van der Waals surface area contributed by atoms with Crippen LogP contribution in [0.25, 0.3) is 0 Å². The molecule has 0 aliphatic rings. The number of hydrogen-bond donors (Lipinski definition) is 1. The number of alkyl halides is 3. The van der Waals surface area contributed by atoms with E-state index < -0.39 is 12.8 Å². The second-order valence-electron chi connectivity index (χ2n) is 3.70. The van der Waals surface area contributed by atoms with Crippen LogP contribution in [0.3, 0.4) is 0 Å². The zero-order valence-electron chi connectivity index (χ0n) is 9.28. The van der Waals surface area contributed by atoms with Gasteiger partial charge in [-0.1, -0.05) is 0 Å². The van der Waals surface area contributed by atoms with Crippen molar-refractivity contribution < 1.29 is 17.9 Å². The molecule has 0 aromatic carbocycles. The lowest BCUT2D eigenvalue weighted by molar-refractivity contribution is -0.174. The summed E-state index contributed by atoms with van der Waals surface area (Å²) < 4.78 is 39.7. The molecule has 0 aliphatic heterocycles. The Balaban J connectivity index is 2.15. The van der Waals surface area contributed by atoms with E-state index in [2.05, 4.69) is 9.72 Å². The first-order valence-corrected chi connectivity index (χ1v) is 5.29. The molecule has 3 nitrogen and oxygen atoms in total. The van der Waals surface area contributed by atoms with Crippen LogP contribution in [-0.4, -0.2) is 24.4 Å². The van der Waals surface area contributed by atoms with Crippen molar-refractivity contribution >= 4 is 0 Å². The minimum absolute atomic E-state index is 0.0678. The molecule has 0 saturated carbocycles. The van der Waals surface area contributed by atoms with E-state index in [1.165, 1.54) is 0 Å². The van der Waals surface area contributed by atoms with E-state index in [4.69, 9.17) is 5.73 Å². The summed E-state index contributed by atoms with van der Waals surface area (Å²) in [6.45, 7) is -1.13. The smallest absolute Gasteiger partial charge is 0.372 e. The van der Waals surface area contributed by atoms with Crippen molar-refractivity contribution in [2.24, 2.45) is 5.73 Å². The van der Waals surface area contributed by atoms with Crippen LogP contribution in [0.4, 0.5) is 13.2 Å². The van der Waals surface area contributed by atoms with Gasteiger partial charge in [0.2, 0.25) is 0 Å². The third kappa shape index (κ3) is 6.23. The Morgan fingerprint density at radius 1 is 1.29 bits per heavy atom. The van der Waals surface area contributed by atoms with E-state index in [9.17, 15) is 13.2 Å². The number of rotatable bonds is 6. The number of nitrogens with zero attached hydrogens (tertiary/aromatic N) is 1. The number of aromatic nitrogens is 1. The number of nitrogens with two attached hydrogens (primary N) is 1. The number of halogens is 3. The molecule has 6 heteroatoms. The van der Waals surface area contributed by atoms with Gasteiger partial charge >= 0.3 is 6.18 Å². The molecular weight excluding hydrogens is 233 g/mol. The number of pyridine rings is 1. The Morgan fingerprint density at radius 3 is 2.53 bits per heavy atom. The Bertz CT molecular complexity index is 316. The van der Waals surface area contributed by atoms with Gasteiger partial charge in [-0.3, -0.25) is 4.98 Å². The van der Waals surface area contributed by atoms with Gasteiger partial charge < -0.3 is 10.5 Å². The summed E-state index contributed by atoms with van der Waals surface area (Å²) in [4.78, 5) is 3.86. The molecule has 1 unspecified atom stereocenters. The zero-order valence-corrected chi connectivity index (χ0v) is 9.28. The molecule has 0 saturated heterocycles. The normalized spacial score (nSPS) is 13.6. The van der Waals surface area contributed by atoms with Crippen molar-refractivity contribution in [3.8, 4) is 0 Å². The van der Waals surface area contributed by atoms with Crippen LogP contribution in [0, 0.1) is 0 Å². The van der Waals surface area contributed by atoms with Crippen LogP contribution in [-0.2, 0) is 4.74 Å². The molecule has 0 fully saturated rings. The average Bonchev–Trinajstić information content (AvgIpc) is 2.28. The monoisotopic (exact) mass is 248 g/mol. The van der Waals surface area contributed by atoms with Crippen LogP contribution in [0.1, 0.15) is 24.4 Å². The van der Waals surface area contributed by atoms with Crippen molar-refractivity contribution in [2.75, 3.05) is 13.2 Å². The van der Waals surface area contributed by atoms with Crippen molar-refractivity contribution in [1.82, 2.24) is 4.98 Å². The average molecular weight is 248 g/mol. The minimum atomic E-state index is -4.26. The van der Waals surface area contributed by atoms with Crippen molar-refractivity contribution in [1.29, 1.82) is 0 Å². The molecule has 1 atom stereocenters. The third-order valence-electron chi connectivity index (χ3n) is 2.20. The Labute approximate surface area is 97.8 Å². The van der Waals surface area contributed by atoms with Gasteiger partial charge in [0.25, 0.3) is 0 Å². The van der Waals surface area contributed by atoms with Gasteiger partial charge in [0.15, 0.2) is 0 Å². The molecule has 0 aliphatic carbocycles. The van der Waals surface area contributed by atoms with Crippen molar-refractivity contribution in [2.45, 2.75) is 25.1 Å². The second kappa shape index (κ2) is 6.56. The molecule has 1 rings (SSSR count). The molecule has 17 heavy (non-hydrogen) atoms. The predicted octanol–water partition coefficient (Wildman–Crippen LogP) is 2.44. The fourth-order valence-corrected chi connectivity index (χ4v) is 1.37. The van der Waals surface area contributed by atoms with E-state index in [1.807, 2.05) is 0 Å². The standard InChI is InChI=1S/C11H15F3N2O/c12-11(13,14)8-17-7-1-2-10(15)9-3-5-16-6-4-9/h3-6,10H,1-2,7-8,15H2. The van der Waals surface area contributed by atoms with Gasteiger partial charge in [-0.2, -0.15) is 13.2 Å². The van der Waals surface area contributed by atoms with E-state index in [0.717, 1.165) is 5.56 Å². The largest absolute Gasteiger partial charge is 0.411 e. The Hall–Kier alpha value is -1.14. The maximum atomic E-state index is 11.7. The highest BCUT2D eigenvalue weighted by molar-refractivity contribution is 5.13. The number of hydrogen-bond acceptors (Lipinski definition) is 3. The van der Waals surface area contributed by atoms with E-state index in [0.29, 0.717) is 12.8 Å². The van der Waals surface area contributed by atoms with E-state index in [-0.39, 0.29) is 12.6 Å². The lowest BCUT2D eigenvalue weighted by atomic mass is 10.1. The molecule has 96 valence electrons. The maximum Gasteiger partial charge on any atom is 0.411 e. The summed E-state index contributed by atoms with van der Waals surface area (Å²) in [5, 5.41) is 0. The minimum Gasteiger partial charge on any atom is -0.372 e. The molecule has 0 bridgehead atoms. The van der Waals surface area contributed by atoms with E-state index in [1.54, 1.807) is 24.5 Å². The highest BCUT2D eigenvalue weighted by atomic mass is 19.4. The van der Waals surface area contributed by atoms with Crippen LogP contribution in [0.5, 0.6) is 0 Å². The predicted molar refractivity (Wildman–Crippen MR) is 57.3 cm³/mol. The number of ether oxygens (including phenoxy) is 1. The molecular formula is C11H15F3N2O. The molecule has 2 N–H and O–H groups in total. The summed E-state index contributed by atoms with van der Waals surface area (Å²) in [7, 11) is 0. The fraction of sp³-hybridized carbons (Fsp3) is 0.545. The van der Waals surface area contributed by atoms with Crippen molar-refractivity contribution in [3.63, 3.8) is 0 Å². The Morgan fingerprint density at radius 2 is 1.94 bits per heavy atom. The highest BCUT2D eigenvalue weighted by Gasteiger charge is 2.27. The summed E-state index contributed by atoms with van der Waals surface area (Å²) in [6.07, 6.45) is 0.0966. The summed E-state index contributed by atoms with van der Waals surface area (Å²) in [6, 6.07) is 3.40. The molecule has 1 aromatic rings. The van der Waals surface area contributed by atoms with Gasteiger partial charge in [0, 0.05) is 25.0 Å². The lowest BCUT2D eigenvalue weighted by Gasteiger charge is -2.12. The third-order valence-corrected chi connectivity index (χ3v) is 2.20. The SMILES string of the molecule is NC(CCCOCC(F)(F)F)c1ccncc1. The first-order valence-electron chi connectivity index (χ1n) is 5.29. The molecule has 0 spiro atoms. The van der Waals surface area contributed by atoms with Gasteiger partial charge in [-0.25, -0.2) is 0 Å². The van der Waals surface area contributed by atoms with E-state index >= 15 is 0 Å². The van der Waals surface area contributed by atoms with Gasteiger partial charge in [-0.15, -0.1) is 0 Å². The summed E-state index contributed by atoms with van der Waals surface area (Å²) in [5.41, 5.74) is 6.78. The van der Waals surface area contributed by atoms with Crippen molar-refractivity contribution in [3.05, 3.63) is 30.1 Å². The molecule has 1 aromatic heterocycles. The first kappa shape index (κ1) is 13.9. The van der Waals surface area contributed by atoms with Gasteiger partial charge in [0.05, 0.1) is 0 Å². The highest BCUT2D eigenvalue weighted by Crippen LogP contribution is 2.16. The quantitative estimate of drug-likeness (QED) is 0.786. The molecule has 0 radical (unpaired) electrons. The molecule has 1 heterocycles. The first-order chi connectivity index (χ1) is 7.99. The Kier molecular flexibility index (Phi) is 5.37. The second-order valence-corrected chi connectivity index (χ2v) is 3.70. The van der Waals surface area contributed by atoms with Crippen LogP contribution in [0.15, 0.2) is 24.5 Å². The maximum absolute atomic E-state index is 11.7. The van der Waals surface area contributed by atoms with Crippen LogP contribution in [0.2, 0.25) is 0 Å². The summed E-state index contributed by atoms with van der Waals surface area (Å²) in [5.74, 6) is 0. The van der Waals surface area contributed by atoms with Crippen LogP contribution >= 0.6 is 0 Å². The fourth-order valence-electron chi connectivity index (χ4n) is 1.37. The lowest BCUT2D eigenvalue weighted by Crippen LogP contribution is -2.18. The molecule has 0 amide bonds. The van der Waals surface area contributed by atoms with Gasteiger partial charge in [-0.05, 0) is 30.5 Å². The van der Waals surface area contributed by atoms with Gasteiger partial charge in [0.1, 0.15) is 6.61 Å². The van der Waals surface area contributed by atoms with Crippen LogP contribution < -0.4 is 5.73 Å². The summed E-state index contributed by atoms with van der Waals surface area (Å²) >= 11 is 0. The zero-order chi connectivity index (χ0) is 12.7. The topological polar surface area (TPSA) is 48.1 Å².